The van der Waals surface area contributed by atoms with Crippen LogP contribution in [0.25, 0.3) is 0 Å². The Morgan fingerprint density at radius 1 is 1.00 bits per heavy atom. The molecule has 0 atom stereocenters. The lowest BCUT2D eigenvalue weighted by Gasteiger charge is -2.29. The third kappa shape index (κ3) is 5.82. The molecule has 1 aliphatic heterocycles. The summed E-state index contributed by atoms with van der Waals surface area (Å²) in [6.45, 7) is 3.89. The van der Waals surface area contributed by atoms with Crippen LogP contribution in [0.2, 0.25) is 0 Å². The third-order valence-corrected chi connectivity index (χ3v) is 7.81. The van der Waals surface area contributed by atoms with Crippen molar-refractivity contribution in [2.45, 2.75) is 31.6 Å². The van der Waals surface area contributed by atoms with Gasteiger partial charge in [-0.3, -0.25) is 9.52 Å². The second-order valence-corrected chi connectivity index (χ2v) is 10.9. The number of aryl methyl sites for hydroxylation is 2. The largest absolute Gasteiger partial charge is 0.326 e. The quantitative estimate of drug-likeness (QED) is 0.597. The van der Waals surface area contributed by atoms with Crippen LogP contribution in [-0.2, 0) is 25.0 Å². The number of amides is 1. The first-order valence-electron chi connectivity index (χ1n) is 9.74. The van der Waals surface area contributed by atoms with Crippen molar-refractivity contribution in [2.24, 2.45) is 11.1 Å². The van der Waals surface area contributed by atoms with Crippen molar-refractivity contribution < 1.29 is 21.6 Å². The van der Waals surface area contributed by atoms with Gasteiger partial charge in [0.25, 0.3) is 20.2 Å². The molecule has 2 aromatic carbocycles. The number of nitrogens with two attached hydrogens (primary N) is 1. The zero-order valence-corrected chi connectivity index (χ0v) is 19.0. The molecule has 4 N–H and O–H groups in total. The van der Waals surface area contributed by atoms with Crippen molar-refractivity contribution in [3.63, 3.8) is 0 Å². The Morgan fingerprint density at radius 2 is 1.68 bits per heavy atom. The Bertz CT molecular complexity index is 1190. The number of carbonyl (C=O) groups is 1. The molecule has 1 amide bonds. The van der Waals surface area contributed by atoms with Crippen LogP contribution in [0.1, 0.15) is 24.0 Å². The van der Waals surface area contributed by atoms with Crippen LogP contribution in [0.4, 0.5) is 11.4 Å². The van der Waals surface area contributed by atoms with Gasteiger partial charge in [-0.25, -0.2) is 13.6 Å². The molecule has 1 aliphatic rings. The maximum atomic E-state index is 12.9. The molecule has 1 heterocycles. The monoisotopic (exact) mass is 466 g/mol. The SMILES string of the molecule is Cc1cccc(NS(=O)(=O)c2cc(NC(=O)C3CCN(S(N)(=O)=O)CC3)ccc2C)c1. The second-order valence-electron chi connectivity index (χ2n) is 7.66. The summed E-state index contributed by atoms with van der Waals surface area (Å²) in [5, 5.41) is 7.87. The van der Waals surface area contributed by atoms with Gasteiger partial charge < -0.3 is 5.32 Å². The minimum atomic E-state index is -3.86. The van der Waals surface area contributed by atoms with Crippen LogP contribution in [0, 0.1) is 19.8 Å². The molecule has 0 unspecified atom stereocenters. The average Bonchev–Trinajstić information content (AvgIpc) is 2.68. The second kappa shape index (κ2) is 8.95. The highest BCUT2D eigenvalue weighted by atomic mass is 32.2. The molecule has 2 aromatic rings. The standard InChI is InChI=1S/C20H26N4O5S2/c1-14-4-3-5-18(12-14)23-30(26,27)19-13-17(7-6-15(19)2)22-20(25)16-8-10-24(11-9-16)31(21,28)29/h3-7,12-13,16,23H,8-11H2,1-2H3,(H,22,25)(H2,21,28,29). The van der Waals surface area contributed by atoms with Gasteiger partial charge in [-0.15, -0.1) is 0 Å². The Labute approximate surface area is 182 Å². The molecule has 9 nitrogen and oxygen atoms in total. The molecule has 1 saturated heterocycles. The van der Waals surface area contributed by atoms with E-state index in [1.165, 1.54) is 6.07 Å². The van der Waals surface area contributed by atoms with E-state index in [2.05, 4.69) is 10.0 Å². The number of piperidine rings is 1. The van der Waals surface area contributed by atoms with E-state index in [4.69, 9.17) is 5.14 Å². The molecule has 31 heavy (non-hydrogen) atoms. The average molecular weight is 467 g/mol. The van der Waals surface area contributed by atoms with Crippen molar-refractivity contribution in [3.8, 4) is 0 Å². The van der Waals surface area contributed by atoms with Crippen molar-refractivity contribution in [1.29, 1.82) is 0 Å². The lowest BCUT2D eigenvalue weighted by Crippen LogP contribution is -2.44. The number of hydrogen-bond acceptors (Lipinski definition) is 5. The van der Waals surface area contributed by atoms with Gasteiger partial charge in [0.1, 0.15) is 0 Å². The molecular formula is C20H26N4O5S2. The van der Waals surface area contributed by atoms with E-state index < -0.39 is 20.2 Å². The predicted molar refractivity (Wildman–Crippen MR) is 119 cm³/mol. The first-order valence-corrected chi connectivity index (χ1v) is 12.7. The molecule has 0 aromatic heterocycles. The number of anilines is 2. The summed E-state index contributed by atoms with van der Waals surface area (Å²) in [4.78, 5) is 12.7. The number of rotatable bonds is 6. The van der Waals surface area contributed by atoms with Gasteiger partial charge >= 0.3 is 0 Å². The fourth-order valence-electron chi connectivity index (χ4n) is 3.50. The van der Waals surface area contributed by atoms with E-state index in [1.54, 1.807) is 37.3 Å². The number of hydrogen-bond donors (Lipinski definition) is 3. The fourth-order valence-corrected chi connectivity index (χ4v) is 5.54. The molecular weight excluding hydrogens is 440 g/mol. The number of sulfonamides is 1. The van der Waals surface area contributed by atoms with Crippen molar-refractivity contribution >= 4 is 37.5 Å². The van der Waals surface area contributed by atoms with Crippen molar-refractivity contribution in [3.05, 3.63) is 53.6 Å². The van der Waals surface area contributed by atoms with E-state index in [-0.39, 0.29) is 29.8 Å². The molecule has 0 aliphatic carbocycles. The van der Waals surface area contributed by atoms with Gasteiger partial charge in [-0.2, -0.15) is 12.7 Å². The molecule has 0 spiro atoms. The van der Waals surface area contributed by atoms with Crippen molar-refractivity contribution in [2.75, 3.05) is 23.1 Å². The Hall–Kier alpha value is -2.47. The van der Waals surface area contributed by atoms with Crippen LogP contribution in [0.5, 0.6) is 0 Å². The summed E-state index contributed by atoms with van der Waals surface area (Å²) in [5.41, 5.74) is 2.27. The van der Waals surface area contributed by atoms with E-state index in [1.807, 2.05) is 13.0 Å². The minimum Gasteiger partial charge on any atom is -0.326 e. The lowest BCUT2D eigenvalue weighted by molar-refractivity contribution is -0.120. The first kappa shape index (κ1) is 23.2. The maximum Gasteiger partial charge on any atom is 0.276 e. The molecule has 168 valence electrons. The number of nitrogens with one attached hydrogen (secondary N) is 2. The highest BCUT2D eigenvalue weighted by molar-refractivity contribution is 7.92. The zero-order chi connectivity index (χ0) is 22.8. The summed E-state index contributed by atoms with van der Waals surface area (Å²) in [5.74, 6) is -0.669. The first-order chi connectivity index (χ1) is 14.5. The topological polar surface area (TPSA) is 139 Å². The van der Waals surface area contributed by atoms with Crippen LogP contribution in [0.3, 0.4) is 0 Å². The smallest absolute Gasteiger partial charge is 0.276 e. The van der Waals surface area contributed by atoms with Gasteiger partial charge in [0.2, 0.25) is 5.91 Å². The Morgan fingerprint density at radius 3 is 2.29 bits per heavy atom. The Kier molecular flexibility index (Phi) is 6.70. The van der Waals surface area contributed by atoms with E-state index >= 15 is 0 Å². The molecule has 0 bridgehead atoms. The number of carbonyl (C=O) groups excluding carboxylic acids is 1. The van der Waals surface area contributed by atoms with Crippen molar-refractivity contribution in [1.82, 2.24) is 4.31 Å². The highest BCUT2D eigenvalue weighted by Crippen LogP contribution is 2.25. The summed E-state index contributed by atoms with van der Waals surface area (Å²) in [7, 11) is -7.62. The summed E-state index contributed by atoms with van der Waals surface area (Å²) >= 11 is 0. The highest BCUT2D eigenvalue weighted by Gasteiger charge is 2.29. The predicted octanol–water partition coefficient (Wildman–Crippen LogP) is 1.96. The molecule has 0 radical (unpaired) electrons. The van der Waals surface area contributed by atoms with Gasteiger partial charge in [-0.05, 0) is 62.1 Å². The Balaban J connectivity index is 1.73. The van der Waals surface area contributed by atoms with E-state index in [9.17, 15) is 21.6 Å². The van der Waals surface area contributed by atoms with Gasteiger partial charge in [0.15, 0.2) is 0 Å². The van der Waals surface area contributed by atoms with E-state index in [0.717, 1.165) is 9.87 Å². The fraction of sp³-hybridized carbons (Fsp3) is 0.350. The summed E-state index contributed by atoms with van der Waals surface area (Å²) < 4.78 is 52.3. The lowest BCUT2D eigenvalue weighted by atomic mass is 9.97. The summed E-state index contributed by atoms with van der Waals surface area (Å²) in [6, 6.07) is 11.7. The molecule has 0 saturated carbocycles. The minimum absolute atomic E-state index is 0.0656. The van der Waals surface area contributed by atoms with Crippen LogP contribution >= 0.6 is 0 Å². The van der Waals surface area contributed by atoms with Crippen LogP contribution in [0.15, 0.2) is 47.4 Å². The zero-order valence-electron chi connectivity index (χ0n) is 17.3. The molecule has 3 rings (SSSR count). The van der Waals surface area contributed by atoms with Gasteiger partial charge in [0, 0.05) is 30.4 Å². The third-order valence-electron chi connectivity index (χ3n) is 5.20. The normalized spacial score (nSPS) is 16.1. The van der Waals surface area contributed by atoms with Gasteiger partial charge in [0.05, 0.1) is 4.90 Å². The molecule has 1 fully saturated rings. The maximum absolute atomic E-state index is 12.9. The van der Waals surface area contributed by atoms with Crippen LogP contribution in [-0.4, -0.2) is 40.1 Å². The number of benzene rings is 2. The van der Waals surface area contributed by atoms with Crippen LogP contribution < -0.4 is 15.2 Å². The van der Waals surface area contributed by atoms with E-state index in [0.29, 0.717) is 29.8 Å². The van der Waals surface area contributed by atoms with Gasteiger partial charge in [-0.1, -0.05) is 18.2 Å². The molecule has 11 heteroatoms. The summed E-state index contributed by atoms with van der Waals surface area (Å²) in [6.07, 6.45) is 0.683. The number of nitrogens with zero attached hydrogens (tertiary/aromatic N) is 1.